The standard InChI is InChI=1S/C18H17FN6O3/c1-11(26)21-9-14-10-25(18(27)28-14)13-3-4-15(16(19)6-13)17-5-2-12(7-22-17)8-23-24-20/h2-7,14H,8-10H2,1H3,(H,21,26)/t14-/m0/s1. The summed E-state index contributed by atoms with van der Waals surface area (Å²) in [6.45, 7) is 1.95. The minimum absolute atomic E-state index is 0.169. The number of rotatable bonds is 6. The number of anilines is 1. The largest absolute Gasteiger partial charge is 0.442 e. The first kappa shape index (κ1) is 19.1. The molecule has 1 fully saturated rings. The predicted molar refractivity (Wildman–Crippen MR) is 98.8 cm³/mol. The molecule has 3 rings (SSSR count). The number of aromatic nitrogens is 1. The van der Waals surface area contributed by atoms with Gasteiger partial charge < -0.3 is 10.1 Å². The van der Waals surface area contributed by atoms with Crippen LogP contribution in [0, 0.1) is 5.82 Å². The molecule has 9 nitrogen and oxygen atoms in total. The van der Waals surface area contributed by atoms with Gasteiger partial charge in [0.25, 0.3) is 0 Å². The number of hydrogen-bond acceptors (Lipinski definition) is 5. The zero-order valence-electron chi connectivity index (χ0n) is 15.0. The highest BCUT2D eigenvalue weighted by atomic mass is 19.1. The van der Waals surface area contributed by atoms with Gasteiger partial charge in [0.1, 0.15) is 11.9 Å². The summed E-state index contributed by atoms with van der Waals surface area (Å²) < 4.78 is 19.8. The molecule has 144 valence electrons. The Kier molecular flexibility index (Phi) is 5.71. The fraction of sp³-hybridized carbons (Fsp3) is 0.278. The number of cyclic esters (lactones) is 1. The van der Waals surface area contributed by atoms with Crippen LogP contribution < -0.4 is 10.2 Å². The first-order chi connectivity index (χ1) is 13.5. The van der Waals surface area contributed by atoms with Crippen molar-refractivity contribution < 1.29 is 18.7 Å². The van der Waals surface area contributed by atoms with E-state index in [4.69, 9.17) is 10.3 Å². The lowest BCUT2D eigenvalue weighted by Crippen LogP contribution is -2.33. The lowest BCUT2D eigenvalue weighted by Gasteiger charge is -2.14. The summed E-state index contributed by atoms with van der Waals surface area (Å²) in [5, 5.41) is 6.04. The molecule has 1 atom stereocenters. The van der Waals surface area contributed by atoms with Crippen LogP contribution in [0.25, 0.3) is 21.7 Å². The van der Waals surface area contributed by atoms with Crippen molar-refractivity contribution in [3.8, 4) is 11.3 Å². The van der Waals surface area contributed by atoms with E-state index in [9.17, 15) is 14.0 Å². The highest BCUT2D eigenvalue weighted by Gasteiger charge is 2.32. The Hall–Kier alpha value is -3.65. The second-order valence-electron chi connectivity index (χ2n) is 6.16. The van der Waals surface area contributed by atoms with Gasteiger partial charge in [0.2, 0.25) is 5.91 Å². The summed E-state index contributed by atoms with van der Waals surface area (Å²) in [6.07, 6.45) is 0.425. The van der Waals surface area contributed by atoms with Crippen molar-refractivity contribution in [3.63, 3.8) is 0 Å². The second kappa shape index (κ2) is 8.36. The SMILES string of the molecule is CC(=O)NC[C@H]1CN(c2ccc(-c3ccc(CN=[N+]=[N-])cn3)c(F)c2)C(=O)O1. The van der Waals surface area contributed by atoms with Crippen LogP contribution in [0.3, 0.4) is 0 Å². The van der Waals surface area contributed by atoms with Crippen LogP contribution in [0.5, 0.6) is 0 Å². The zero-order chi connectivity index (χ0) is 20.1. The Bertz CT molecular complexity index is 943. The number of benzene rings is 1. The number of halogens is 1. The Labute approximate surface area is 159 Å². The third-order valence-electron chi connectivity index (χ3n) is 4.13. The van der Waals surface area contributed by atoms with E-state index < -0.39 is 18.0 Å². The zero-order valence-corrected chi connectivity index (χ0v) is 15.0. The minimum Gasteiger partial charge on any atom is -0.442 e. The number of hydrogen-bond donors (Lipinski definition) is 1. The Morgan fingerprint density at radius 3 is 2.93 bits per heavy atom. The molecule has 1 aliphatic rings. The fourth-order valence-electron chi connectivity index (χ4n) is 2.77. The van der Waals surface area contributed by atoms with Crippen molar-refractivity contribution in [2.45, 2.75) is 19.6 Å². The number of carbonyl (C=O) groups is 2. The van der Waals surface area contributed by atoms with Crippen molar-refractivity contribution in [3.05, 3.63) is 58.4 Å². The molecule has 0 bridgehead atoms. The van der Waals surface area contributed by atoms with Gasteiger partial charge in [0.15, 0.2) is 0 Å². The van der Waals surface area contributed by atoms with E-state index in [1.165, 1.54) is 30.2 Å². The summed E-state index contributed by atoms with van der Waals surface area (Å²) in [7, 11) is 0. The molecule has 28 heavy (non-hydrogen) atoms. The number of azide groups is 1. The summed E-state index contributed by atoms with van der Waals surface area (Å²) in [5.41, 5.74) is 10.1. The molecule has 1 aromatic carbocycles. The van der Waals surface area contributed by atoms with Gasteiger partial charge in [-0.1, -0.05) is 11.2 Å². The van der Waals surface area contributed by atoms with Crippen LogP contribution >= 0.6 is 0 Å². The lowest BCUT2D eigenvalue weighted by molar-refractivity contribution is -0.119. The van der Waals surface area contributed by atoms with Crippen LogP contribution in [0.2, 0.25) is 0 Å². The lowest BCUT2D eigenvalue weighted by atomic mass is 10.1. The Morgan fingerprint density at radius 1 is 1.46 bits per heavy atom. The van der Waals surface area contributed by atoms with Crippen LogP contribution in [-0.4, -0.2) is 36.2 Å². The number of nitrogens with zero attached hydrogens (tertiary/aromatic N) is 5. The number of amides is 2. The molecule has 2 amide bonds. The maximum Gasteiger partial charge on any atom is 0.414 e. The van der Waals surface area contributed by atoms with Crippen LogP contribution in [0.15, 0.2) is 41.6 Å². The average molecular weight is 384 g/mol. The molecule has 1 saturated heterocycles. The van der Waals surface area contributed by atoms with Gasteiger partial charge in [-0.3, -0.25) is 14.7 Å². The van der Waals surface area contributed by atoms with Crippen LogP contribution in [-0.2, 0) is 16.1 Å². The first-order valence-corrected chi connectivity index (χ1v) is 8.46. The molecule has 1 aliphatic heterocycles. The van der Waals surface area contributed by atoms with E-state index in [0.717, 1.165) is 0 Å². The molecule has 0 radical (unpaired) electrons. The van der Waals surface area contributed by atoms with Gasteiger partial charge in [-0.25, -0.2) is 9.18 Å². The number of pyridine rings is 1. The smallest absolute Gasteiger partial charge is 0.414 e. The maximum atomic E-state index is 14.6. The van der Waals surface area contributed by atoms with Gasteiger partial charge in [0, 0.05) is 23.6 Å². The molecule has 0 spiro atoms. The van der Waals surface area contributed by atoms with Gasteiger partial charge in [-0.05, 0) is 35.4 Å². The summed E-state index contributed by atoms with van der Waals surface area (Å²) >= 11 is 0. The van der Waals surface area contributed by atoms with Gasteiger partial charge in [0.05, 0.1) is 31.0 Å². The molecule has 0 aliphatic carbocycles. The summed E-state index contributed by atoms with van der Waals surface area (Å²) in [4.78, 5) is 31.2. The summed E-state index contributed by atoms with van der Waals surface area (Å²) in [6, 6.07) is 7.72. The molecule has 2 aromatic rings. The normalized spacial score (nSPS) is 15.7. The maximum absolute atomic E-state index is 14.6. The van der Waals surface area contributed by atoms with Crippen molar-refractivity contribution in [2.75, 3.05) is 18.0 Å². The molecule has 10 heteroatoms. The minimum atomic E-state index is -0.594. The monoisotopic (exact) mass is 384 g/mol. The molecular weight excluding hydrogens is 367 g/mol. The average Bonchev–Trinajstić information content (AvgIpc) is 3.06. The van der Waals surface area contributed by atoms with E-state index in [0.29, 0.717) is 16.9 Å². The quantitative estimate of drug-likeness (QED) is 0.467. The predicted octanol–water partition coefficient (Wildman–Crippen LogP) is 3.16. The first-order valence-electron chi connectivity index (χ1n) is 8.46. The van der Waals surface area contributed by atoms with E-state index in [2.05, 4.69) is 20.3 Å². The van der Waals surface area contributed by atoms with Gasteiger partial charge in [-0.2, -0.15) is 0 Å². The third kappa shape index (κ3) is 4.36. The molecule has 1 aromatic heterocycles. The molecule has 0 saturated carbocycles. The molecular formula is C18H17FN6O3. The van der Waals surface area contributed by atoms with E-state index in [-0.39, 0.29) is 31.1 Å². The van der Waals surface area contributed by atoms with Crippen molar-refractivity contribution in [2.24, 2.45) is 5.11 Å². The number of ether oxygens (including phenoxy) is 1. The van der Waals surface area contributed by atoms with Gasteiger partial charge in [-0.15, -0.1) is 0 Å². The molecule has 0 unspecified atom stereocenters. The number of carbonyl (C=O) groups excluding carboxylic acids is 2. The highest BCUT2D eigenvalue weighted by molar-refractivity contribution is 5.90. The van der Waals surface area contributed by atoms with Crippen molar-refractivity contribution >= 4 is 17.7 Å². The molecule has 2 heterocycles. The second-order valence-corrected chi connectivity index (χ2v) is 6.16. The van der Waals surface area contributed by atoms with E-state index >= 15 is 0 Å². The Morgan fingerprint density at radius 2 is 2.29 bits per heavy atom. The topological polar surface area (TPSA) is 120 Å². The van der Waals surface area contributed by atoms with Crippen molar-refractivity contribution in [1.29, 1.82) is 0 Å². The highest BCUT2D eigenvalue weighted by Crippen LogP contribution is 2.28. The van der Waals surface area contributed by atoms with Gasteiger partial charge >= 0.3 is 6.09 Å². The fourth-order valence-corrected chi connectivity index (χ4v) is 2.77. The van der Waals surface area contributed by atoms with E-state index in [1.54, 1.807) is 18.2 Å². The third-order valence-corrected chi connectivity index (χ3v) is 4.13. The number of nitrogens with one attached hydrogen (secondary N) is 1. The van der Waals surface area contributed by atoms with E-state index in [1.807, 2.05) is 0 Å². The molecule has 1 N–H and O–H groups in total. The van der Waals surface area contributed by atoms with Crippen molar-refractivity contribution in [1.82, 2.24) is 10.3 Å². The van der Waals surface area contributed by atoms with Crippen LogP contribution in [0.1, 0.15) is 12.5 Å². The summed E-state index contributed by atoms with van der Waals surface area (Å²) in [5.74, 6) is -0.756. The Balaban J connectivity index is 1.74. The van der Waals surface area contributed by atoms with Crippen LogP contribution in [0.4, 0.5) is 14.9 Å².